The number of anilines is 4. The first-order valence-electron chi connectivity index (χ1n) is 33.3. The lowest BCUT2D eigenvalue weighted by Crippen LogP contribution is -2.43. The number of rotatable bonds is 12. The maximum Gasteiger partial charge on any atom is 0.493 e. The smallest absolute Gasteiger partial charge is 0.493 e. The molecule has 5 aromatic rings. The summed E-state index contributed by atoms with van der Waals surface area (Å²) in [6.45, 7) is 28.2. The molecule has 0 bridgehead atoms. The third-order valence-electron chi connectivity index (χ3n) is 19.1. The zero-order valence-corrected chi connectivity index (χ0v) is 62.6. The van der Waals surface area contributed by atoms with Crippen LogP contribution in [0.5, 0.6) is 0 Å². The number of aromatic nitrogens is 1. The van der Waals surface area contributed by atoms with Crippen LogP contribution in [-0.2, 0) is 55.5 Å². The highest BCUT2D eigenvalue weighted by molar-refractivity contribution is 7.92. The molecule has 4 aromatic carbocycles. The highest BCUT2D eigenvalue weighted by Crippen LogP contribution is 2.50. The average Bonchev–Trinajstić information content (AvgIpc) is 1.62. The number of hydrogen-bond acceptors (Lipinski definition) is 15. The minimum Gasteiger partial charge on any atom is -0.691 e. The molecule has 20 heteroatoms. The normalized spacial score (nSPS) is 20.6. The molecule has 18 nitrogen and oxygen atoms in total. The quantitative estimate of drug-likeness (QED) is 0.0168. The van der Waals surface area contributed by atoms with Crippen LogP contribution in [0.4, 0.5) is 33.2 Å². The van der Waals surface area contributed by atoms with Crippen molar-refractivity contribution >= 4 is 74.5 Å². The van der Waals surface area contributed by atoms with Crippen molar-refractivity contribution in [1.82, 2.24) is 4.31 Å². The number of allylic oxidation sites excluding steroid dienone is 15. The zero-order valence-electron chi connectivity index (χ0n) is 61.0. The van der Waals surface area contributed by atoms with Crippen LogP contribution in [0.3, 0.4) is 0 Å². The Hall–Kier alpha value is -8.79. The Labute approximate surface area is 590 Å². The van der Waals surface area contributed by atoms with Crippen LogP contribution < -0.4 is 33.9 Å². The number of hydrogen-bond donors (Lipinski definition) is 0. The molecule has 11 rings (SSSR count). The topological polar surface area (TPSA) is 187 Å². The number of pyridine rings is 1. The molecule has 1 saturated carbocycles. The molecule has 1 aromatic heterocycles. The molecule has 524 valence electrons. The Balaban J connectivity index is 0.000000187. The maximum absolute atomic E-state index is 13.6. The van der Waals surface area contributed by atoms with E-state index in [0.29, 0.717) is 30.8 Å². The summed E-state index contributed by atoms with van der Waals surface area (Å²) in [5, 5.41) is 26.1. The highest BCUT2D eigenvalue weighted by Gasteiger charge is 2.44. The number of likely N-dealkylation sites (N-methyl/N-ethyl adjacent to an activating group) is 3. The van der Waals surface area contributed by atoms with E-state index in [1.54, 1.807) is 53.7 Å². The molecule has 6 aliphatic rings. The van der Waals surface area contributed by atoms with Crippen LogP contribution in [0.2, 0.25) is 0 Å². The Morgan fingerprint density at radius 1 is 0.586 bits per heavy atom. The van der Waals surface area contributed by atoms with Gasteiger partial charge in [-0.3, -0.25) is 9.83 Å². The van der Waals surface area contributed by atoms with Crippen molar-refractivity contribution in [3.63, 3.8) is 0 Å². The predicted octanol–water partition coefficient (Wildman–Crippen LogP) is 14.0. The van der Waals surface area contributed by atoms with Gasteiger partial charge in [-0.15, -0.1) is 12.8 Å². The van der Waals surface area contributed by atoms with Crippen LogP contribution in [-0.4, -0.2) is 94.5 Å². The van der Waals surface area contributed by atoms with Crippen molar-refractivity contribution in [2.24, 2.45) is 4.40 Å². The number of carbonyl (C=O) groups excluding carboxylic acids is 2. The van der Waals surface area contributed by atoms with Crippen molar-refractivity contribution < 1.29 is 55.8 Å². The molecule has 0 atom stereocenters. The number of nitrogens with zero attached hydrogens (tertiary/aromatic N) is 8. The Morgan fingerprint density at radius 2 is 1.00 bits per heavy atom. The third-order valence-corrected chi connectivity index (χ3v) is 20.8. The first-order chi connectivity index (χ1) is 46.3. The molecule has 0 N–H and O–H groups in total. The second-order valence-corrected chi connectivity index (χ2v) is 31.9. The van der Waals surface area contributed by atoms with E-state index in [1.807, 2.05) is 19.0 Å². The number of ketones is 1. The number of para-hydroxylation sites is 4. The molecule has 99 heavy (non-hydrogen) atoms. The molecule has 4 aliphatic heterocycles. The lowest BCUT2D eigenvalue weighted by molar-refractivity contribution is -0.777. The van der Waals surface area contributed by atoms with Gasteiger partial charge in [-0.05, 0) is 125 Å². The fourth-order valence-electron chi connectivity index (χ4n) is 14.0. The lowest BCUT2D eigenvalue weighted by Gasteiger charge is -2.28. The van der Waals surface area contributed by atoms with Gasteiger partial charge in [-0.25, -0.2) is 4.79 Å². The van der Waals surface area contributed by atoms with E-state index >= 15 is 0 Å². The van der Waals surface area contributed by atoms with Crippen molar-refractivity contribution in [2.75, 3.05) is 61.9 Å². The van der Waals surface area contributed by atoms with Gasteiger partial charge in [0.15, 0.2) is 42.2 Å². The van der Waals surface area contributed by atoms with E-state index in [9.17, 15) is 28.4 Å². The zero-order chi connectivity index (χ0) is 72.5. The van der Waals surface area contributed by atoms with Gasteiger partial charge in [0.05, 0.1) is 11.1 Å². The second kappa shape index (κ2) is 28.8. The Morgan fingerprint density at radius 3 is 1.41 bits per heavy atom. The fraction of sp³-hybridized carbons (Fsp3) is 0.380. The summed E-state index contributed by atoms with van der Waals surface area (Å²) in [5.74, 6) is 0.181. The van der Waals surface area contributed by atoms with E-state index in [2.05, 4.69) is 258 Å². The van der Waals surface area contributed by atoms with Gasteiger partial charge in [-0.1, -0.05) is 168 Å². The molecule has 0 saturated heterocycles. The highest BCUT2D eigenvalue weighted by atomic mass is 32.2. The van der Waals surface area contributed by atoms with Gasteiger partial charge < -0.3 is 39.4 Å². The van der Waals surface area contributed by atoms with Crippen molar-refractivity contribution in [1.29, 1.82) is 0 Å². The predicted molar refractivity (Wildman–Crippen MR) is 393 cm³/mol. The van der Waals surface area contributed by atoms with Gasteiger partial charge >= 0.3 is 16.3 Å². The van der Waals surface area contributed by atoms with Crippen LogP contribution >= 0.6 is 12.2 Å². The van der Waals surface area contributed by atoms with Crippen molar-refractivity contribution in [3.05, 3.63) is 238 Å². The first kappa shape index (κ1) is 74.4. The molecule has 0 radical (unpaired) electrons. The van der Waals surface area contributed by atoms with Crippen LogP contribution in [0.1, 0.15) is 145 Å². The summed E-state index contributed by atoms with van der Waals surface area (Å²) in [4.78, 5) is 35.4. The van der Waals surface area contributed by atoms with E-state index in [0.717, 1.165) is 56.2 Å². The van der Waals surface area contributed by atoms with Crippen molar-refractivity contribution in [3.8, 4) is 0 Å². The molecule has 2 aliphatic carbocycles. The summed E-state index contributed by atoms with van der Waals surface area (Å²) in [5.41, 5.74) is 17.7. The first-order valence-corrected chi connectivity index (χ1v) is 35.4. The monoisotopic (exact) mass is 1380 g/mol. The number of carbonyl (C=O) groups is 2. The van der Waals surface area contributed by atoms with Gasteiger partial charge in [0.1, 0.15) is 12.6 Å². The van der Waals surface area contributed by atoms with E-state index < -0.39 is 33.6 Å². The Bertz CT molecular complexity index is 4300. The lowest BCUT2D eigenvalue weighted by atomic mass is 9.81. The third kappa shape index (κ3) is 15.7. The van der Waals surface area contributed by atoms with Crippen LogP contribution in [0.15, 0.2) is 220 Å². The molecular weight excluding hydrogens is 1290 g/mol. The molecule has 1 amide bonds. The molecule has 5 heterocycles. The minimum absolute atomic E-state index is 0.0826. The SMILES string of the molecule is CN(C)c1cc[n+](S(=O)(=O)N=C([O-])OC(C)(C)C)cc1.CN1/C(=C/C=C2\CC/C(=C\C=C3\N(C)c4ccccc4C3(C)C)C2=O)C(C)(C)c2ccccc21.CN1/C(=C/C=C2\CCC(/C=C/C3=[N+](C)c4ccccc4C3(C)C)=C2N(SOO[O-])C(=O)OC(C)(C)C)C(C)(C)c2ccccc21. The summed E-state index contributed by atoms with van der Waals surface area (Å²) in [6, 6.07) is 37.2. The van der Waals surface area contributed by atoms with Crippen molar-refractivity contribution in [2.45, 2.75) is 155 Å². The summed E-state index contributed by atoms with van der Waals surface area (Å²) < 4.78 is 46.6. The number of fused-ring (bicyclic) bond motifs is 4. The van der Waals surface area contributed by atoms with Gasteiger partial charge in [0.2, 0.25) is 5.69 Å². The summed E-state index contributed by atoms with van der Waals surface area (Å²) in [6.07, 6.45) is 20.6. The Kier molecular flexibility index (Phi) is 21.7. The summed E-state index contributed by atoms with van der Waals surface area (Å²) in [7, 11) is 7.93. The summed E-state index contributed by atoms with van der Waals surface area (Å²) >= 11 is 0.515. The largest absolute Gasteiger partial charge is 0.691 e. The molecular formula is C79H96N8O10S2. The minimum atomic E-state index is -4.13. The number of ether oxygens (including phenoxy) is 2. The van der Waals surface area contributed by atoms with Gasteiger partial charge in [0.25, 0.3) is 0 Å². The molecule has 1 fully saturated rings. The van der Waals surface area contributed by atoms with Crippen LogP contribution in [0, 0.1) is 0 Å². The number of Topliss-reactive ketones (excluding diaryl/α,β-unsaturated/α-hetero) is 1. The maximum atomic E-state index is 13.6. The second-order valence-electron chi connectivity index (χ2n) is 29.8. The average molecular weight is 1380 g/mol. The van der Waals surface area contributed by atoms with E-state index in [-0.39, 0.29) is 27.4 Å². The fourth-order valence-corrected chi connectivity index (χ4v) is 15.3. The standard InChI is InChI=1S/C36H43N3O5S.C31H34N2O.C12H19N3O4S/c1-34(2,3)42-33(40)39(45-44-43-41)32-24(20-22-30-35(4,5)26-14-10-12-16-28(26)37(30)8)18-19-25(32)21-23-31-36(6,7)27-15-11-13-17-29(27)38(31)9;1-30(2)23-11-7-9-13-25(23)32(5)27(30)19-17-21-15-16-22(29(21)34)18-20-28-31(3,4)24-12-8-10-14-26(24)33(28)6;1-12(2,3)19-11(16)13-20(17,18)15-8-6-10(7-9-15)14(4)5/h10-17,20-23H,18-19H2,1-9H3;7-14,17-20H,15-16H2,1-6H3;6-9H,1-5H3/b;21-17+,22-18+,27-19+,28-20+;. The number of amides is 1. The molecule has 0 spiro atoms. The van der Waals surface area contributed by atoms with E-state index in [4.69, 9.17) is 13.8 Å². The van der Waals surface area contributed by atoms with Gasteiger partial charge in [-0.2, -0.15) is 8.88 Å². The van der Waals surface area contributed by atoms with E-state index in [1.165, 1.54) is 73.1 Å². The van der Waals surface area contributed by atoms with Crippen LogP contribution in [0.25, 0.3) is 0 Å². The van der Waals surface area contributed by atoms with Gasteiger partial charge in [0, 0.05) is 138 Å². The molecule has 0 unspecified atom stereocenters. The number of benzene rings is 4.